The highest BCUT2D eigenvalue weighted by Crippen LogP contribution is 2.14. The number of nitrogens with zero attached hydrogens (tertiary/aromatic N) is 2. The first-order valence-electron chi connectivity index (χ1n) is 5.20. The van der Waals surface area contributed by atoms with E-state index in [0.717, 1.165) is 16.9 Å². The molecule has 3 nitrogen and oxygen atoms in total. The van der Waals surface area contributed by atoms with E-state index in [1.807, 2.05) is 39.1 Å². The fourth-order valence-electron chi connectivity index (χ4n) is 1.57. The van der Waals surface area contributed by atoms with Gasteiger partial charge in [-0.05, 0) is 26.0 Å². The molecule has 0 saturated carbocycles. The number of imidazole rings is 1. The summed E-state index contributed by atoms with van der Waals surface area (Å²) in [6.07, 6.45) is 0.241. The minimum absolute atomic E-state index is 0.241. The third kappa shape index (κ3) is 2.02. The van der Waals surface area contributed by atoms with E-state index in [1.165, 1.54) is 0 Å². The fourth-order valence-corrected chi connectivity index (χ4v) is 1.57. The normalized spacial score (nSPS) is 11.5. The molecule has 0 fully saturated rings. The minimum atomic E-state index is 0.241. The van der Waals surface area contributed by atoms with E-state index in [0.29, 0.717) is 6.61 Å². The van der Waals surface area contributed by atoms with Crippen molar-refractivity contribution in [2.24, 2.45) is 7.05 Å². The van der Waals surface area contributed by atoms with Crippen molar-refractivity contribution in [3.63, 3.8) is 0 Å². The maximum Gasteiger partial charge on any atom is 0.135 e. The van der Waals surface area contributed by atoms with Gasteiger partial charge in [0.05, 0.1) is 17.1 Å². The largest absolute Gasteiger partial charge is 0.371 e. The van der Waals surface area contributed by atoms with Crippen LogP contribution in [0.4, 0.5) is 0 Å². The van der Waals surface area contributed by atoms with Crippen LogP contribution in [0.3, 0.4) is 0 Å². The van der Waals surface area contributed by atoms with Crippen molar-refractivity contribution in [1.29, 1.82) is 0 Å². The summed E-state index contributed by atoms with van der Waals surface area (Å²) in [5.74, 6) is 0.977. The second-order valence-corrected chi connectivity index (χ2v) is 3.94. The van der Waals surface area contributed by atoms with Gasteiger partial charge in [0.2, 0.25) is 0 Å². The van der Waals surface area contributed by atoms with Gasteiger partial charge in [0.15, 0.2) is 0 Å². The van der Waals surface area contributed by atoms with E-state index >= 15 is 0 Å². The zero-order valence-corrected chi connectivity index (χ0v) is 9.40. The molecule has 0 radical (unpaired) electrons. The molecular formula is C12H16N2O. The van der Waals surface area contributed by atoms with E-state index < -0.39 is 0 Å². The number of hydrogen-bond donors (Lipinski definition) is 0. The Morgan fingerprint density at radius 1 is 1.33 bits per heavy atom. The molecule has 0 unspecified atom stereocenters. The molecule has 80 valence electrons. The smallest absolute Gasteiger partial charge is 0.135 e. The molecule has 0 aliphatic rings. The molecule has 2 rings (SSSR count). The van der Waals surface area contributed by atoms with Crippen LogP contribution in [0.25, 0.3) is 11.0 Å². The minimum Gasteiger partial charge on any atom is -0.371 e. The summed E-state index contributed by atoms with van der Waals surface area (Å²) in [4.78, 5) is 4.52. The lowest BCUT2D eigenvalue weighted by Crippen LogP contribution is -2.06. The van der Waals surface area contributed by atoms with Gasteiger partial charge >= 0.3 is 0 Å². The Morgan fingerprint density at radius 2 is 2.07 bits per heavy atom. The maximum absolute atomic E-state index is 5.55. The van der Waals surface area contributed by atoms with Crippen LogP contribution in [0.5, 0.6) is 0 Å². The van der Waals surface area contributed by atoms with Gasteiger partial charge < -0.3 is 9.30 Å². The Labute approximate surface area is 89.7 Å². The van der Waals surface area contributed by atoms with E-state index in [1.54, 1.807) is 0 Å². The SMILES string of the molecule is CC(C)OCc1nc2ccccc2n1C. The number of aryl methyl sites for hydroxylation is 1. The third-order valence-corrected chi connectivity index (χ3v) is 2.43. The van der Waals surface area contributed by atoms with Crippen molar-refractivity contribution < 1.29 is 4.74 Å². The van der Waals surface area contributed by atoms with Crippen molar-refractivity contribution in [2.75, 3.05) is 0 Å². The van der Waals surface area contributed by atoms with Crippen LogP contribution in [0, 0.1) is 0 Å². The highest BCUT2D eigenvalue weighted by molar-refractivity contribution is 5.75. The fraction of sp³-hybridized carbons (Fsp3) is 0.417. The Kier molecular flexibility index (Phi) is 2.73. The molecule has 0 N–H and O–H groups in total. The average Bonchev–Trinajstić information content (AvgIpc) is 2.54. The molecule has 0 amide bonds. The summed E-state index contributed by atoms with van der Waals surface area (Å²) in [7, 11) is 2.02. The standard InChI is InChI=1S/C12H16N2O/c1-9(2)15-8-12-13-10-6-4-5-7-11(10)14(12)3/h4-7,9H,8H2,1-3H3. The average molecular weight is 204 g/mol. The highest BCUT2D eigenvalue weighted by Gasteiger charge is 2.07. The number of aromatic nitrogens is 2. The summed E-state index contributed by atoms with van der Waals surface area (Å²) in [6.45, 7) is 4.63. The number of para-hydroxylation sites is 2. The van der Waals surface area contributed by atoms with E-state index in [9.17, 15) is 0 Å². The lowest BCUT2D eigenvalue weighted by Gasteiger charge is -2.06. The topological polar surface area (TPSA) is 27.1 Å². The molecule has 3 heteroatoms. The zero-order valence-electron chi connectivity index (χ0n) is 9.40. The first kappa shape index (κ1) is 10.2. The van der Waals surface area contributed by atoms with Crippen LogP contribution in [-0.2, 0) is 18.4 Å². The first-order valence-corrected chi connectivity index (χ1v) is 5.20. The molecule has 15 heavy (non-hydrogen) atoms. The predicted octanol–water partition coefficient (Wildman–Crippen LogP) is 2.50. The van der Waals surface area contributed by atoms with Crippen molar-refractivity contribution >= 4 is 11.0 Å². The maximum atomic E-state index is 5.55. The van der Waals surface area contributed by atoms with Gasteiger partial charge in [-0.3, -0.25) is 0 Å². The molecule has 1 heterocycles. The second kappa shape index (κ2) is 4.03. The van der Waals surface area contributed by atoms with E-state index in [4.69, 9.17) is 4.74 Å². The zero-order chi connectivity index (χ0) is 10.8. The number of hydrogen-bond acceptors (Lipinski definition) is 2. The molecule has 0 saturated heterocycles. The molecule has 0 atom stereocenters. The van der Waals surface area contributed by atoms with Crippen molar-refractivity contribution in [3.05, 3.63) is 30.1 Å². The van der Waals surface area contributed by atoms with Crippen molar-refractivity contribution in [2.45, 2.75) is 26.6 Å². The number of rotatable bonds is 3. The van der Waals surface area contributed by atoms with Crippen LogP contribution in [0.1, 0.15) is 19.7 Å². The van der Waals surface area contributed by atoms with E-state index in [-0.39, 0.29) is 6.10 Å². The van der Waals surface area contributed by atoms with E-state index in [2.05, 4.69) is 15.6 Å². The van der Waals surface area contributed by atoms with Crippen LogP contribution >= 0.6 is 0 Å². The van der Waals surface area contributed by atoms with Crippen LogP contribution in [0.15, 0.2) is 24.3 Å². The van der Waals surface area contributed by atoms with Crippen LogP contribution in [-0.4, -0.2) is 15.7 Å². The van der Waals surface area contributed by atoms with Gasteiger partial charge in [0, 0.05) is 7.05 Å². The lowest BCUT2D eigenvalue weighted by atomic mass is 10.3. The van der Waals surface area contributed by atoms with Gasteiger partial charge in [0.25, 0.3) is 0 Å². The molecule has 2 aromatic rings. The van der Waals surface area contributed by atoms with Crippen LogP contribution < -0.4 is 0 Å². The summed E-state index contributed by atoms with van der Waals surface area (Å²) in [5.41, 5.74) is 2.18. The van der Waals surface area contributed by atoms with Crippen molar-refractivity contribution in [1.82, 2.24) is 9.55 Å². The van der Waals surface area contributed by atoms with Gasteiger partial charge in [-0.1, -0.05) is 12.1 Å². The lowest BCUT2D eigenvalue weighted by molar-refractivity contribution is 0.0602. The van der Waals surface area contributed by atoms with Gasteiger partial charge in [-0.2, -0.15) is 0 Å². The molecular weight excluding hydrogens is 188 g/mol. The highest BCUT2D eigenvalue weighted by atomic mass is 16.5. The summed E-state index contributed by atoms with van der Waals surface area (Å²) < 4.78 is 7.64. The molecule has 1 aromatic heterocycles. The summed E-state index contributed by atoms with van der Waals surface area (Å²) in [6, 6.07) is 8.12. The van der Waals surface area contributed by atoms with Crippen LogP contribution in [0.2, 0.25) is 0 Å². The quantitative estimate of drug-likeness (QED) is 0.768. The Hall–Kier alpha value is -1.35. The number of benzene rings is 1. The number of ether oxygens (including phenoxy) is 1. The Balaban J connectivity index is 2.32. The second-order valence-electron chi connectivity index (χ2n) is 3.94. The summed E-state index contributed by atoms with van der Waals surface area (Å²) >= 11 is 0. The monoisotopic (exact) mass is 204 g/mol. The predicted molar refractivity (Wildman–Crippen MR) is 60.6 cm³/mol. The number of fused-ring (bicyclic) bond motifs is 1. The first-order chi connectivity index (χ1) is 7.18. The third-order valence-electron chi connectivity index (χ3n) is 2.43. The Bertz CT molecular complexity index is 460. The van der Waals surface area contributed by atoms with Gasteiger partial charge in [-0.25, -0.2) is 4.98 Å². The molecule has 0 bridgehead atoms. The van der Waals surface area contributed by atoms with Gasteiger partial charge in [-0.15, -0.1) is 0 Å². The molecule has 0 spiro atoms. The molecule has 1 aromatic carbocycles. The Morgan fingerprint density at radius 3 is 2.73 bits per heavy atom. The molecule has 0 aliphatic carbocycles. The molecule has 0 aliphatic heterocycles. The van der Waals surface area contributed by atoms with Crippen molar-refractivity contribution in [3.8, 4) is 0 Å². The summed E-state index contributed by atoms with van der Waals surface area (Å²) in [5, 5.41) is 0. The van der Waals surface area contributed by atoms with Gasteiger partial charge in [0.1, 0.15) is 12.4 Å².